The van der Waals surface area contributed by atoms with E-state index in [9.17, 15) is 0 Å². The highest BCUT2D eigenvalue weighted by molar-refractivity contribution is 7.11. The van der Waals surface area contributed by atoms with E-state index in [0.717, 1.165) is 19.6 Å². The van der Waals surface area contributed by atoms with Crippen LogP contribution in [0.2, 0.25) is 0 Å². The summed E-state index contributed by atoms with van der Waals surface area (Å²) in [6, 6.07) is 0. The lowest BCUT2D eigenvalue weighted by molar-refractivity contribution is 0.169. The summed E-state index contributed by atoms with van der Waals surface area (Å²) in [5, 5.41) is 5.05. The monoisotopic (exact) mass is 296 g/mol. The fourth-order valence-electron chi connectivity index (χ4n) is 3.64. The van der Waals surface area contributed by atoms with Crippen LogP contribution in [-0.2, 0) is 10.3 Å². The summed E-state index contributed by atoms with van der Waals surface area (Å²) in [7, 11) is 1.76. The molecule has 114 valence electrons. The van der Waals surface area contributed by atoms with E-state index in [2.05, 4.69) is 39.9 Å². The van der Waals surface area contributed by atoms with Crippen molar-refractivity contribution >= 4 is 11.3 Å². The van der Waals surface area contributed by atoms with Gasteiger partial charge in [-0.2, -0.15) is 0 Å². The molecule has 0 aliphatic heterocycles. The number of thiazole rings is 1. The van der Waals surface area contributed by atoms with Gasteiger partial charge < -0.3 is 10.1 Å². The minimum Gasteiger partial charge on any atom is -0.383 e. The van der Waals surface area contributed by atoms with Crippen molar-refractivity contribution in [1.82, 2.24) is 10.3 Å². The van der Waals surface area contributed by atoms with Gasteiger partial charge in [0.25, 0.3) is 0 Å². The Morgan fingerprint density at radius 1 is 1.40 bits per heavy atom. The number of nitrogens with one attached hydrogen (secondary N) is 1. The van der Waals surface area contributed by atoms with Gasteiger partial charge in [0.2, 0.25) is 0 Å². The van der Waals surface area contributed by atoms with Gasteiger partial charge in [0.15, 0.2) is 0 Å². The number of hydrogen-bond acceptors (Lipinski definition) is 4. The zero-order chi connectivity index (χ0) is 15.0. The van der Waals surface area contributed by atoms with Crippen LogP contribution in [0.5, 0.6) is 0 Å². The molecule has 1 aromatic heterocycles. The maximum absolute atomic E-state index is 5.22. The summed E-state index contributed by atoms with van der Waals surface area (Å²) in [6.45, 7) is 13.0. The molecule has 1 aromatic rings. The fourth-order valence-corrected chi connectivity index (χ4v) is 4.84. The Kier molecular flexibility index (Phi) is 4.57. The Bertz CT molecular complexity index is 450. The highest BCUT2D eigenvalue weighted by Gasteiger charge is 2.51. The van der Waals surface area contributed by atoms with Crippen molar-refractivity contribution in [3.05, 3.63) is 15.6 Å². The molecule has 1 saturated carbocycles. The third kappa shape index (κ3) is 2.92. The van der Waals surface area contributed by atoms with Gasteiger partial charge in [0, 0.05) is 18.5 Å². The summed E-state index contributed by atoms with van der Waals surface area (Å²) in [5.74, 6) is 0.597. The molecule has 0 saturated heterocycles. The van der Waals surface area contributed by atoms with Crippen LogP contribution in [-0.4, -0.2) is 25.2 Å². The lowest BCUT2D eigenvalue weighted by Crippen LogP contribution is -2.46. The van der Waals surface area contributed by atoms with Crippen LogP contribution in [0.15, 0.2) is 0 Å². The molecule has 2 rings (SSSR count). The zero-order valence-electron chi connectivity index (χ0n) is 13.7. The second-order valence-corrected chi connectivity index (χ2v) is 8.20. The summed E-state index contributed by atoms with van der Waals surface area (Å²) in [4.78, 5) is 6.21. The summed E-state index contributed by atoms with van der Waals surface area (Å²) in [6.07, 6.45) is 2.39. The predicted molar refractivity (Wildman–Crippen MR) is 85.3 cm³/mol. The first-order chi connectivity index (χ1) is 9.31. The molecule has 0 radical (unpaired) electrons. The lowest BCUT2D eigenvalue weighted by atomic mass is 9.86. The standard InChI is InChI=1S/C16H28N2OS/c1-11-9-15(4,5)10-16(11,17-7-8-19-6)14-18-12(2)13(3)20-14/h11,17H,7-10H2,1-6H3. The summed E-state index contributed by atoms with van der Waals surface area (Å²) in [5.41, 5.74) is 1.56. The molecule has 0 bridgehead atoms. The second-order valence-electron chi connectivity index (χ2n) is 7.00. The molecule has 2 atom stereocenters. The van der Waals surface area contributed by atoms with Gasteiger partial charge in [-0.1, -0.05) is 20.8 Å². The normalized spacial score (nSPS) is 29.0. The van der Waals surface area contributed by atoms with Crippen molar-refractivity contribution in [1.29, 1.82) is 0 Å². The minimum absolute atomic E-state index is 0.0196. The number of nitrogens with zero attached hydrogens (tertiary/aromatic N) is 1. The quantitative estimate of drug-likeness (QED) is 0.842. The van der Waals surface area contributed by atoms with Gasteiger partial charge in [-0.3, -0.25) is 0 Å². The topological polar surface area (TPSA) is 34.1 Å². The molecule has 1 aliphatic rings. The van der Waals surface area contributed by atoms with Gasteiger partial charge in [-0.15, -0.1) is 11.3 Å². The highest BCUT2D eigenvalue weighted by Crippen LogP contribution is 2.53. The Hall–Kier alpha value is -0.450. The molecule has 1 fully saturated rings. The van der Waals surface area contributed by atoms with E-state index in [0.29, 0.717) is 11.3 Å². The molecule has 2 unspecified atom stereocenters. The van der Waals surface area contributed by atoms with E-state index in [1.807, 2.05) is 11.3 Å². The Labute approximate surface area is 127 Å². The van der Waals surface area contributed by atoms with E-state index in [4.69, 9.17) is 9.72 Å². The first-order valence-electron chi connectivity index (χ1n) is 7.49. The summed E-state index contributed by atoms with van der Waals surface area (Å²) >= 11 is 1.86. The number of methoxy groups -OCH3 is 1. The summed E-state index contributed by atoms with van der Waals surface area (Å²) < 4.78 is 5.22. The van der Waals surface area contributed by atoms with Crippen LogP contribution >= 0.6 is 11.3 Å². The van der Waals surface area contributed by atoms with Crippen molar-refractivity contribution < 1.29 is 4.74 Å². The van der Waals surface area contributed by atoms with Gasteiger partial charge >= 0.3 is 0 Å². The van der Waals surface area contributed by atoms with Crippen LogP contribution < -0.4 is 5.32 Å². The molecule has 1 N–H and O–H groups in total. The second kappa shape index (κ2) is 5.74. The highest BCUT2D eigenvalue weighted by atomic mass is 32.1. The average Bonchev–Trinajstić information content (AvgIpc) is 2.79. The first kappa shape index (κ1) is 15.9. The average molecular weight is 296 g/mol. The molecule has 0 amide bonds. The molecule has 20 heavy (non-hydrogen) atoms. The van der Waals surface area contributed by atoms with Crippen LogP contribution in [0, 0.1) is 25.2 Å². The van der Waals surface area contributed by atoms with E-state index in [-0.39, 0.29) is 5.54 Å². The number of aryl methyl sites for hydroxylation is 2. The SMILES string of the molecule is COCCNC1(c2nc(C)c(C)s2)CC(C)(C)CC1C. The number of rotatable bonds is 5. The largest absolute Gasteiger partial charge is 0.383 e. The zero-order valence-corrected chi connectivity index (χ0v) is 14.5. The minimum atomic E-state index is 0.0196. The van der Waals surface area contributed by atoms with Crippen LogP contribution in [0.25, 0.3) is 0 Å². The molecule has 0 spiro atoms. The molecule has 4 heteroatoms. The van der Waals surface area contributed by atoms with Gasteiger partial charge in [0.1, 0.15) is 5.01 Å². The molecule has 1 heterocycles. The van der Waals surface area contributed by atoms with Crippen LogP contribution in [0.1, 0.15) is 49.2 Å². The molecule has 1 aliphatic carbocycles. The number of aromatic nitrogens is 1. The molecule has 0 aromatic carbocycles. The fraction of sp³-hybridized carbons (Fsp3) is 0.812. The van der Waals surface area contributed by atoms with Gasteiger partial charge in [-0.25, -0.2) is 4.98 Å². The van der Waals surface area contributed by atoms with Crippen molar-refractivity contribution in [2.45, 2.75) is 53.0 Å². The maximum atomic E-state index is 5.22. The van der Waals surface area contributed by atoms with Crippen molar-refractivity contribution in [2.75, 3.05) is 20.3 Å². The van der Waals surface area contributed by atoms with Crippen molar-refractivity contribution in [3.63, 3.8) is 0 Å². The van der Waals surface area contributed by atoms with Crippen LogP contribution in [0.4, 0.5) is 0 Å². The van der Waals surface area contributed by atoms with E-state index in [1.54, 1.807) is 7.11 Å². The third-order valence-corrected chi connectivity index (χ3v) is 5.86. The maximum Gasteiger partial charge on any atom is 0.114 e. The number of hydrogen-bond donors (Lipinski definition) is 1. The van der Waals surface area contributed by atoms with E-state index in [1.165, 1.54) is 22.0 Å². The van der Waals surface area contributed by atoms with Crippen molar-refractivity contribution in [3.8, 4) is 0 Å². The van der Waals surface area contributed by atoms with Gasteiger partial charge in [0.05, 0.1) is 17.8 Å². The lowest BCUT2D eigenvalue weighted by Gasteiger charge is -2.34. The Morgan fingerprint density at radius 2 is 2.10 bits per heavy atom. The molecule has 3 nitrogen and oxygen atoms in total. The predicted octanol–water partition coefficient (Wildman–Crippen LogP) is 3.65. The molecular weight excluding hydrogens is 268 g/mol. The third-order valence-electron chi connectivity index (χ3n) is 4.61. The first-order valence-corrected chi connectivity index (χ1v) is 8.31. The Morgan fingerprint density at radius 3 is 2.55 bits per heavy atom. The smallest absolute Gasteiger partial charge is 0.114 e. The van der Waals surface area contributed by atoms with Crippen molar-refractivity contribution in [2.24, 2.45) is 11.3 Å². The van der Waals surface area contributed by atoms with E-state index >= 15 is 0 Å². The van der Waals surface area contributed by atoms with E-state index < -0.39 is 0 Å². The molecular formula is C16H28N2OS. The Balaban J connectivity index is 2.34. The van der Waals surface area contributed by atoms with Gasteiger partial charge in [-0.05, 0) is 38.0 Å². The number of ether oxygens (including phenoxy) is 1. The van der Waals surface area contributed by atoms with Crippen LogP contribution in [0.3, 0.4) is 0 Å².